The molecular weight excluding hydrogens is 286 g/mol. The second-order valence-corrected chi connectivity index (χ2v) is 6.28. The molecule has 0 aliphatic carbocycles. The van der Waals surface area contributed by atoms with E-state index in [-0.39, 0.29) is 11.9 Å². The van der Waals surface area contributed by atoms with Gasteiger partial charge in [-0.15, -0.1) is 0 Å². The summed E-state index contributed by atoms with van der Waals surface area (Å²) in [5.74, 6) is 0.439. The quantitative estimate of drug-likeness (QED) is 0.417. The molecule has 0 heterocycles. The molecule has 0 aliphatic rings. The van der Waals surface area contributed by atoms with E-state index in [9.17, 15) is 9.59 Å². The van der Waals surface area contributed by atoms with Crippen molar-refractivity contribution in [2.45, 2.75) is 70.8 Å². The molecule has 0 spiro atoms. The van der Waals surface area contributed by atoms with Gasteiger partial charge in [0.1, 0.15) is 6.04 Å². The van der Waals surface area contributed by atoms with Crippen molar-refractivity contribution < 1.29 is 14.3 Å². The number of rotatable bonds is 13. The van der Waals surface area contributed by atoms with E-state index in [1.54, 1.807) is 11.8 Å². The van der Waals surface area contributed by atoms with Crippen LogP contribution in [-0.2, 0) is 14.3 Å². The third kappa shape index (κ3) is 11.6. The Hall–Kier alpha value is -0.710. The average molecular weight is 317 g/mol. The summed E-state index contributed by atoms with van der Waals surface area (Å²) in [7, 11) is 1.36. The maximum absolute atomic E-state index is 11.8. The van der Waals surface area contributed by atoms with Gasteiger partial charge in [0.05, 0.1) is 7.11 Å². The predicted octanol–water partition coefficient (Wildman–Crippen LogP) is 3.54. The van der Waals surface area contributed by atoms with E-state index < -0.39 is 6.04 Å². The van der Waals surface area contributed by atoms with Crippen molar-refractivity contribution in [3.63, 3.8) is 0 Å². The fraction of sp³-hybridized carbons (Fsp3) is 0.875. The molecule has 0 aromatic rings. The fourth-order valence-electron chi connectivity index (χ4n) is 2.14. The first-order valence-corrected chi connectivity index (χ1v) is 9.41. The van der Waals surface area contributed by atoms with Crippen molar-refractivity contribution in [2.75, 3.05) is 19.1 Å². The van der Waals surface area contributed by atoms with Crippen LogP contribution in [0.3, 0.4) is 0 Å². The van der Waals surface area contributed by atoms with Gasteiger partial charge < -0.3 is 10.1 Å². The number of unbranched alkanes of at least 4 members (excludes halogenated alkanes) is 6. The van der Waals surface area contributed by atoms with Crippen molar-refractivity contribution in [1.29, 1.82) is 0 Å². The number of esters is 1. The van der Waals surface area contributed by atoms with Crippen LogP contribution in [0.5, 0.6) is 0 Å². The zero-order valence-corrected chi connectivity index (χ0v) is 14.6. The molecule has 0 rings (SSSR count). The molecule has 0 radical (unpaired) electrons. The highest BCUT2D eigenvalue weighted by atomic mass is 32.2. The summed E-state index contributed by atoms with van der Waals surface area (Å²) in [5, 5.41) is 2.79. The van der Waals surface area contributed by atoms with Gasteiger partial charge in [0.15, 0.2) is 0 Å². The largest absolute Gasteiger partial charge is 0.467 e. The third-order valence-electron chi connectivity index (χ3n) is 3.44. The summed E-state index contributed by atoms with van der Waals surface area (Å²) < 4.78 is 4.73. The molecule has 5 heteroatoms. The van der Waals surface area contributed by atoms with Crippen LogP contribution in [0, 0.1) is 0 Å². The van der Waals surface area contributed by atoms with E-state index >= 15 is 0 Å². The molecule has 1 atom stereocenters. The van der Waals surface area contributed by atoms with E-state index in [0.29, 0.717) is 12.8 Å². The van der Waals surface area contributed by atoms with Crippen LogP contribution in [0.25, 0.3) is 0 Å². The van der Waals surface area contributed by atoms with Gasteiger partial charge in [-0.1, -0.05) is 45.4 Å². The highest BCUT2D eigenvalue weighted by Gasteiger charge is 2.20. The summed E-state index contributed by atoms with van der Waals surface area (Å²) in [4.78, 5) is 23.4. The van der Waals surface area contributed by atoms with Crippen molar-refractivity contribution in [3.8, 4) is 0 Å². The Balaban J connectivity index is 3.79. The first kappa shape index (κ1) is 20.3. The molecule has 124 valence electrons. The molecule has 1 amide bonds. The summed E-state index contributed by atoms with van der Waals surface area (Å²) in [6, 6.07) is -0.500. The monoisotopic (exact) mass is 317 g/mol. The van der Waals surface area contributed by atoms with Gasteiger partial charge in [0.25, 0.3) is 0 Å². The first-order chi connectivity index (χ1) is 10.2. The third-order valence-corrected chi connectivity index (χ3v) is 4.08. The minimum Gasteiger partial charge on any atom is -0.467 e. The molecule has 1 N–H and O–H groups in total. The maximum atomic E-state index is 11.8. The van der Waals surface area contributed by atoms with Gasteiger partial charge in [-0.2, -0.15) is 11.8 Å². The number of amides is 1. The van der Waals surface area contributed by atoms with E-state index in [4.69, 9.17) is 4.74 Å². The van der Waals surface area contributed by atoms with Crippen LogP contribution in [0.1, 0.15) is 64.7 Å². The summed E-state index contributed by atoms with van der Waals surface area (Å²) in [5.41, 5.74) is 0. The minimum atomic E-state index is -0.500. The van der Waals surface area contributed by atoms with Crippen LogP contribution in [0.2, 0.25) is 0 Å². The number of nitrogens with one attached hydrogen (secondary N) is 1. The van der Waals surface area contributed by atoms with Crippen molar-refractivity contribution >= 4 is 23.6 Å². The summed E-state index contributed by atoms with van der Waals surface area (Å²) >= 11 is 1.66. The molecule has 0 aromatic heterocycles. The molecule has 0 fully saturated rings. The van der Waals surface area contributed by atoms with E-state index in [2.05, 4.69) is 12.2 Å². The van der Waals surface area contributed by atoms with Gasteiger partial charge in [-0.25, -0.2) is 4.79 Å². The minimum absolute atomic E-state index is 0.0416. The second kappa shape index (κ2) is 14.2. The van der Waals surface area contributed by atoms with Crippen molar-refractivity contribution in [3.05, 3.63) is 0 Å². The average Bonchev–Trinajstić information content (AvgIpc) is 2.49. The number of hydrogen-bond donors (Lipinski definition) is 1. The molecule has 0 aliphatic heterocycles. The van der Waals surface area contributed by atoms with Gasteiger partial charge in [-0.05, 0) is 24.9 Å². The Morgan fingerprint density at radius 3 is 2.29 bits per heavy atom. The molecule has 0 saturated heterocycles. The Morgan fingerprint density at radius 1 is 1.10 bits per heavy atom. The highest BCUT2D eigenvalue weighted by molar-refractivity contribution is 7.98. The fourth-order valence-corrected chi connectivity index (χ4v) is 2.61. The van der Waals surface area contributed by atoms with Gasteiger partial charge >= 0.3 is 5.97 Å². The highest BCUT2D eigenvalue weighted by Crippen LogP contribution is 2.09. The Kier molecular flexibility index (Phi) is 13.8. The van der Waals surface area contributed by atoms with Gasteiger partial charge in [0.2, 0.25) is 5.91 Å². The second-order valence-electron chi connectivity index (χ2n) is 5.30. The smallest absolute Gasteiger partial charge is 0.328 e. The lowest BCUT2D eigenvalue weighted by Gasteiger charge is -2.15. The summed E-state index contributed by atoms with van der Waals surface area (Å²) in [6.07, 6.45) is 11.4. The topological polar surface area (TPSA) is 55.4 Å². The molecular formula is C16H31NO3S. The normalized spacial score (nSPS) is 12.0. The van der Waals surface area contributed by atoms with Crippen LogP contribution in [-0.4, -0.2) is 37.0 Å². The zero-order chi connectivity index (χ0) is 15.9. The van der Waals surface area contributed by atoms with Crippen molar-refractivity contribution in [1.82, 2.24) is 5.32 Å². The molecule has 4 nitrogen and oxygen atoms in total. The number of methoxy groups -OCH3 is 1. The number of carbonyl (C=O) groups is 2. The number of thioether (sulfide) groups is 1. The molecule has 0 bridgehead atoms. The maximum Gasteiger partial charge on any atom is 0.328 e. The van der Waals surface area contributed by atoms with Crippen LogP contribution < -0.4 is 5.32 Å². The standard InChI is InChI=1S/C16H31NO3S/c1-4-5-6-7-8-9-10-11-15(18)17-14(12-13-21-3)16(19)20-2/h14H,4-13H2,1-3H3,(H,17,18)/t14-/m0/s1. The lowest BCUT2D eigenvalue weighted by molar-refractivity contribution is -0.145. The van der Waals surface area contributed by atoms with Gasteiger partial charge in [-0.3, -0.25) is 4.79 Å². The zero-order valence-electron chi connectivity index (χ0n) is 13.8. The van der Waals surface area contributed by atoms with E-state index in [1.807, 2.05) is 6.26 Å². The van der Waals surface area contributed by atoms with Gasteiger partial charge in [0, 0.05) is 6.42 Å². The molecule has 0 unspecified atom stereocenters. The SMILES string of the molecule is CCCCCCCCCC(=O)N[C@@H](CCSC)C(=O)OC. The molecule has 21 heavy (non-hydrogen) atoms. The summed E-state index contributed by atoms with van der Waals surface area (Å²) in [6.45, 7) is 2.21. The predicted molar refractivity (Wildman–Crippen MR) is 89.6 cm³/mol. The number of hydrogen-bond acceptors (Lipinski definition) is 4. The first-order valence-electron chi connectivity index (χ1n) is 8.01. The van der Waals surface area contributed by atoms with E-state index in [1.165, 1.54) is 39.2 Å². The van der Waals surface area contributed by atoms with Crippen LogP contribution in [0.4, 0.5) is 0 Å². The van der Waals surface area contributed by atoms with Crippen LogP contribution >= 0.6 is 11.8 Å². The lowest BCUT2D eigenvalue weighted by atomic mass is 10.1. The Labute approximate surface area is 133 Å². The number of ether oxygens (including phenoxy) is 1. The lowest BCUT2D eigenvalue weighted by Crippen LogP contribution is -2.41. The Morgan fingerprint density at radius 2 is 1.71 bits per heavy atom. The van der Waals surface area contributed by atoms with E-state index in [0.717, 1.165) is 18.6 Å². The molecule has 0 aromatic carbocycles. The van der Waals surface area contributed by atoms with Crippen molar-refractivity contribution in [2.24, 2.45) is 0 Å². The molecule has 0 saturated carbocycles. The van der Waals surface area contributed by atoms with Crippen LogP contribution in [0.15, 0.2) is 0 Å². The Bertz CT molecular complexity index is 285. The number of carbonyl (C=O) groups excluding carboxylic acids is 2.